The lowest BCUT2D eigenvalue weighted by Gasteiger charge is -2.32. The van der Waals surface area contributed by atoms with Crippen LogP contribution < -0.4 is 10.2 Å². The Bertz CT molecular complexity index is 971. The summed E-state index contributed by atoms with van der Waals surface area (Å²) in [5.41, 5.74) is 3.65. The van der Waals surface area contributed by atoms with Crippen LogP contribution in [0, 0.1) is 5.92 Å². The van der Waals surface area contributed by atoms with Crippen molar-refractivity contribution in [1.82, 2.24) is 15.4 Å². The highest BCUT2D eigenvalue weighted by Crippen LogP contribution is 2.29. The second kappa shape index (κ2) is 10.5. The van der Waals surface area contributed by atoms with Crippen molar-refractivity contribution in [2.45, 2.75) is 25.8 Å². The molecule has 0 bridgehead atoms. The van der Waals surface area contributed by atoms with Gasteiger partial charge in [-0.15, -0.1) is 11.3 Å². The van der Waals surface area contributed by atoms with Gasteiger partial charge >= 0.3 is 0 Å². The molecule has 0 radical (unpaired) electrons. The summed E-state index contributed by atoms with van der Waals surface area (Å²) in [6, 6.07) is 17.6. The van der Waals surface area contributed by atoms with E-state index >= 15 is 0 Å². The minimum Gasteiger partial charge on any atom is -0.492 e. The van der Waals surface area contributed by atoms with E-state index in [1.54, 1.807) is 11.5 Å². The van der Waals surface area contributed by atoms with Crippen LogP contribution in [0.4, 0.5) is 0 Å². The first-order chi connectivity index (χ1) is 15.2. The average molecular weight is 438 g/mol. The number of hydrogen-bond donors (Lipinski definition) is 2. The summed E-state index contributed by atoms with van der Waals surface area (Å²) >= 11 is 1.30. The van der Waals surface area contributed by atoms with Crippen molar-refractivity contribution in [1.29, 1.82) is 0 Å². The highest BCUT2D eigenvalue weighted by atomic mass is 32.1. The molecule has 1 amide bonds. The van der Waals surface area contributed by atoms with Crippen molar-refractivity contribution >= 4 is 17.2 Å². The number of aromatic nitrogens is 1. The molecule has 31 heavy (non-hydrogen) atoms. The van der Waals surface area contributed by atoms with E-state index < -0.39 is 5.91 Å². The first-order valence-corrected chi connectivity index (χ1v) is 11.4. The van der Waals surface area contributed by atoms with Gasteiger partial charge in [0.25, 0.3) is 5.91 Å². The number of rotatable bonds is 10. The normalized spacial score (nSPS) is 13.7. The molecule has 0 atom stereocenters. The average Bonchev–Trinajstić information content (AvgIpc) is 3.27. The molecular weight excluding hydrogens is 410 g/mol. The van der Waals surface area contributed by atoms with Crippen LogP contribution in [0.3, 0.4) is 0 Å². The smallest absolute Gasteiger partial charge is 0.284 e. The Labute approximate surface area is 186 Å². The number of thiophene rings is 1. The summed E-state index contributed by atoms with van der Waals surface area (Å²) in [6.07, 6.45) is 5.88. The number of nitrogens with one attached hydrogen (secondary N) is 1. The Morgan fingerprint density at radius 3 is 2.68 bits per heavy atom. The molecule has 162 valence electrons. The molecule has 2 heterocycles. The summed E-state index contributed by atoms with van der Waals surface area (Å²) in [5.74, 6) is 1.19. The van der Waals surface area contributed by atoms with Crippen molar-refractivity contribution < 1.29 is 14.7 Å². The highest BCUT2D eigenvalue weighted by Gasteiger charge is 2.21. The van der Waals surface area contributed by atoms with E-state index in [4.69, 9.17) is 9.94 Å². The van der Waals surface area contributed by atoms with Crippen molar-refractivity contribution in [3.63, 3.8) is 0 Å². The Hall–Kier alpha value is -2.74. The van der Waals surface area contributed by atoms with Gasteiger partial charge in [-0.05, 0) is 54.7 Å². The fourth-order valence-electron chi connectivity index (χ4n) is 3.66. The van der Waals surface area contributed by atoms with Crippen LogP contribution in [0.2, 0.25) is 0 Å². The summed E-state index contributed by atoms with van der Waals surface area (Å²) in [5, 5.41) is 8.78. The molecule has 0 aliphatic heterocycles. The molecule has 3 aromatic rings. The molecular formula is C24H27N3O3S. The molecule has 4 rings (SSSR count). The summed E-state index contributed by atoms with van der Waals surface area (Å²) in [6.45, 7) is 3.46. The highest BCUT2D eigenvalue weighted by molar-refractivity contribution is 7.17. The fourth-order valence-corrected chi connectivity index (χ4v) is 4.53. The van der Waals surface area contributed by atoms with Gasteiger partial charge in [-0.1, -0.05) is 30.7 Å². The van der Waals surface area contributed by atoms with Crippen LogP contribution in [-0.2, 0) is 6.54 Å². The third-order valence-electron chi connectivity index (χ3n) is 5.58. The molecule has 1 aliphatic carbocycles. The number of benzene rings is 1. The van der Waals surface area contributed by atoms with Crippen LogP contribution in [0.15, 0.2) is 60.8 Å². The topological polar surface area (TPSA) is 74.7 Å². The number of carbonyl (C=O) groups excluding carboxylic acids is 1. The maximum absolute atomic E-state index is 11.5. The minimum atomic E-state index is -0.503. The van der Waals surface area contributed by atoms with E-state index in [0.29, 0.717) is 11.5 Å². The molecule has 0 spiro atoms. The minimum absolute atomic E-state index is 0.452. The van der Waals surface area contributed by atoms with Gasteiger partial charge in [0.2, 0.25) is 0 Å². The molecule has 0 saturated heterocycles. The zero-order chi connectivity index (χ0) is 21.5. The van der Waals surface area contributed by atoms with Crippen LogP contribution in [0.5, 0.6) is 5.75 Å². The van der Waals surface area contributed by atoms with Gasteiger partial charge in [0, 0.05) is 25.8 Å². The van der Waals surface area contributed by atoms with Crippen molar-refractivity contribution in [3.8, 4) is 16.3 Å². The monoisotopic (exact) mass is 437 g/mol. The molecule has 2 aromatic heterocycles. The maximum Gasteiger partial charge on any atom is 0.284 e. The lowest BCUT2D eigenvalue weighted by Crippen LogP contribution is -2.35. The molecule has 1 fully saturated rings. The third-order valence-corrected chi connectivity index (χ3v) is 6.68. The predicted molar refractivity (Wildman–Crippen MR) is 121 cm³/mol. The number of ether oxygens (including phenoxy) is 1. The maximum atomic E-state index is 11.5. The number of nitrogens with zero attached hydrogens (tertiary/aromatic N) is 2. The number of para-hydroxylation sites is 1. The molecule has 1 aromatic carbocycles. The number of hydroxylamine groups is 1. The van der Waals surface area contributed by atoms with Crippen molar-refractivity contribution in [3.05, 3.63) is 71.2 Å². The predicted octanol–water partition coefficient (Wildman–Crippen LogP) is 4.61. The van der Waals surface area contributed by atoms with Crippen LogP contribution in [0.1, 0.15) is 34.5 Å². The lowest BCUT2D eigenvalue weighted by molar-refractivity contribution is 0.0711. The zero-order valence-corrected chi connectivity index (χ0v) is 18.2. The van der Waals surface area contributed by atoms with E-state index in [-0.39, 0.29) is 0 Å². The molecule has 7 heteroatoms. The summed E-state index contributed by atoms with van der Waals surface area (Å²) in [4.78, 5) is 19.9. The van der Waals surface area contributed by atoms with Gasteiger partial charge in [0.15, 0.2) is 0 Å². The Morgan fingerprint density at radius 1 is 1.16 bits per heavy atom. The van der Waals surface area contributed by atoms with E-state index in [1.807, 2.05) is 48.7 Å². The fraction of sp³-hybridized carbons (Fsp3) is 0.333. The zero-order valence-electron chi connectivity index (χ0n) is 17.4. The van der Waals surface area contributed by atoms with Gasteiger partial charge in [0.1, 0.15) is 12.4 Å². The summed E-state index contributed by atoms with van der Waals surface area (Å²) in [7, 11) is 0. The van der Waals surface area contributed by atoms with Gasteiger partial charge < -0.3 is 4.74 Å². The van der Waals surface area contributed by atoms with Gasteiger partial charge in [0.05, 0.1) is 15.4 Å². The quantitative estimate of drug-likeness (QED) is 0.358. The number of amides is 1. The van der Waals surface area contributed by atoms with E-state index in [1.165, 1.54) is 30.6 Å². The largest absolute Gasteiger partial charge is 0.492 e. The number of hydrogen-bond acceptors (Lipinski definition) is 6. The number of carbonyl (C=O) groups is 1. The lowest BCUT2D eigenvalue weighted by atomic mass is 9.85. The second-order valence-corrected chi connectivity index (χ2v) is 8.93. The molecule has 1 saturated carbocycles. The van der Waals surface area contributed by atoms with Gasteiger partial charge in [-0.3, -0.25) is 19.9 Å². The standard InChI is InChI=1S/C24H27N3O3S/c28-24(26-29)23-12-11-22(31-23)21-10-9-19(15-25-21)17-27(16-18-5-4-6-18)13-14-30-20-7-2-1-3-8-20/h1-3,7-12,15,18,29H,4-6,13-14,16-17H2,(H,26,28). The summed E-state index contributed by atoms with van der Waals surface area (Å²) < 4.78 is 5.91. The molecule has 6 nitrogen and oxygen atoms in total. The first-order valence-electron chi connectivity index (χ1n) is 10.6. The molecule has 1 aliphatic rings. The Balaban J connectivity index is 1.36. The van der Waals surface area contributed by atoms with Crippen LogP contribution in [0.25, 0.3) is 10.6 Å². The first kappa shape index (κ1) is 21.5. The van der Waals surface area contributed by atoms with Crippen molar-refractivity contribution in [2.75, 3.05) is 19.7 Å². The Kier molecular flexibility index (Phi) is 7.30. The van der Waals surface area contributed by atoms with E-state index in [0.717, 1.165) is 47.4 Å². The van der Waals surface area contributed by atoms with Crippen LogP contribution >= 0.6 is 11.3 Å². The van der Waals surface area contributed by atoms with Crippen molar-refractivity contribution in [2.24, 2.45) is 5.92 Å². The van der Waals surface area contributed by atoms with E-state index in [9.17, 15) is 4.79 Å². The van der Waals surface area contributed by atoms with Crippen LogP contribution in [-0.4, -0.2) is 40.7 Å². The van der Waals surface area contributed by atoms with Gasteiger partial charge in [-0.2, -0.15) is 0 Å². The number of pyridine rings is 1. The SMILES string of the molecule is O=C(NO)c1ccc(-c2ccc(CN(CCOc3ccccc3)CC3CCC3)cn2)s1. The molecule has 2 N–H and O–H groups in total. The molecule has 0 unspecified atom stereocenters. The third kappa shape index (κ3) is 5.91. The second-order valence-electron chi connectivity index (χ2n) is 7.85. The Morgan fingerprint density at radius 2 is 2.00 bits per heavy atom. The van der Waals surface area contributed by atoms with Gasteiger partial charge in [-0.25, -0.2) is 5.48 Å². The van der Waals surface area contributed by atoms with E-state index in [2.05, 4.69) is 16.0 Å².